The van der Waals surface area contributed by atoms with E-state index >= 15 is 0 Å². The Kier molecular flexibility index (Phi) is 6.04. The summed E-state index contributed by atoms with van der Waals surface area (Å²) < 4.78 is 0. The van der Waals surface area contributed by atoms with Crippen molar-refractivity contribution in [1.82, 2.24) is 0 Å². The maximum absolute atomic E-state index is 2.42. The van der Waals surface area contributed by atoms with E-state index in [1.165, 1.54) is 77.9 Å². The van der Waals surface area contributed by atoms with Gasteiger partial charge < -0.3 is 0 Å². The van der Waals surface area contributed by atoms with Crippen LogP contribution in [-0.2, 0) is 12.8 Å². The minimum absolute atomic E-state index is 0.923. The van der Waals surface area contributed by atoms with Gasteiger partial charge in [0.25, 0.3) is 0 Å². The van der Waals surface area contributed by atoms with Gasteiger partial charge in [-0.15, -0.1) is 0 Å². The normalized spacial score (nSPS) is 14.2. The SMILES string of the molecule is C1=C(c2ccccc2)Cc2ccccc2-c2cc(-c3cccc4c3-c3ccccc3C(=Cc3ccccc3)C4)ccc21. The molecule has 0 heteroatoms. The molecule has 2 aliphatic carbocycles. The summed E-state index contributed by atoms with van der Waals surface area (Å²) in [6.45, 7) is 0. The fraction of sp³-hybridized carbons (Fsp3) is 0.0476. The highest BCUT2D eigenvalue weighted by molar-refractivity contribution is 6.00. The van der Waals surface area contributed by atoms with E-state index in [-0.39, 0.29) is 0 Å². The minimum atomic E-state index is 0.923. The van der Waals surface area contributed by atoms with Gasteiger partial charge in [-0.1, -0.05) is 152 Å². The van der Waals surface area contributed by atoms with Crippen LogP contribution in [0.2, 0.25) is 0 Å². The third-order valence-corrected chi connectivity index (χ3v) is 8.74. The van der Waals surface area contributed by atoms with Crippen LogP contribution in [0.4, 0.5) is 0 Å². The van der Waals surface area contributed by atoms with E-state index in [0.717, 1.165) is 12.8 Å². The number of fused-ring (bicyclic) bond motifs is 6. The summed E-state index contributed by atoms with van der Waals surface area (Å²) in [6.07, 6.45) is 6.59. The standard InChI is InChI=1S/C42H30/c1-3-12-29(13-4-1)24-36-27-34-17-11-21-39(42(34)40-20-10-9-19-38(36)40)33-23-22-32-26-35(30-14-5-2-6-15-30)25-31-16-7-8-18-37(31)41(32)28-33/h1-24,26,28H,25,27H2. The Hall–Kier alpha value is -5.20. The molecule has 0 fully saturated rings. The molecule has 42 heavy (non-hydrogen) atoms. The largest absolute Gasteiger partial charge is 0.0622 e. The molecule has 0 bridgehead atoms. The molecule has 0 spiro atoms. The van der Waals surface area contributed by atoms with Gasteiger partial charge in [0.15, 0.2) is 0 Å². The van der Waals surface area contributed by atoms with Crippen LogP contribution in [0.3, 0.4) is 0 Å². The molecule has 6 aromatic rings. The van der Waals surface area contributed by atoms with Crippen molar-refractivity contribution in [2.75, 3.05) is 0 Å². The lowest BCUT2D eigenvalue weighted by Crippen LogP contribution is -2.05. The number of benzene rings is 6. The Balaban J connectivity index is 1.29. The lowest BCUT2D eigenvalue weighted by atomic mass is 9.78. The highest BCUT2D eigenvalue weighted by atomic mass is 14.3. The van der Waals surface area contributed by atoms with Crippen molar-refractivity contribution in [3.63, 3.8) is 0 Å². The van der Waals surface area contributed by atoms with E-state index in [0.29, 0.717) is 0 Å². The van der Waals surface area contributed by atoms with Crippen molar-refractivity contribution in [3.8, 4) is 33.4 Å². The van der Waals surface area contributed by atoms with Gasteiger partial charge in [-0.25, -0.2) is 0 Å². The summed E-state index contributed by atoms with van der Waals surface area (Å²) in [7, 11) is 0. The first-order valence-corrected chi connectivity index (χ1v) is 14.8. The molecular weight excluding hydrogens is 504 g/mol. The Morgan fingerprint density at radius 1 is 0.429 bits per heavy atom. The molecule has 0 atom stereocenters. The van der Waals surface area contributed by atoms with Crippen LogP contribution in [0, 0.1) is 0 Å². The van der Waals surface area contributed by atoms with Crippen LogP contribution in [0.1, 0.15) is 33.4 Å². The second-order valence-corrected chi connectivity index (χ2v) is 11.3. The van der Waals surface area contributed by atoms with Gasteiger partial charge in [0.2, 0.25) is 0 Å². The van der Waals surface area contributed by atoms with Gasteiger partial charge in [0, 0.05) is 0 Å². The highest BCUT2D eigenvalue weighted by Gasteiger charge is 2.24. The summed E-state index contributed by atoms with van der Waals surface area (Å²) in [6, 6.07) is 53.2. The maximum atomic E-state index is 2.42. The molecule has 0 aliphatic heterocycles. The van der Waals surface area contributed by atoms with E-state index < -0.39 is 0 Å². The van der Waals surface area contributed by atoms with Crippen LogP contribution >= 0.6 is 0 Å². The molecule has 6 aromatic carbocycles. The zero-order valence-corrected chi connectivity index (χ0v) is 23.4. The van der Waals surface area contributed by atoms with Crippen LogP contribution in [-0.4, -0.2) is 0 Å². The van der Waals surface area contributed by atoms with E-state index in [1.807, 2.05) is 0 Å². The third-order valence-electron chi connectivity index (χ3n) is 8.74. The van der Waals surface area contributed by atoms with Crippen molar-refractivity contribution in [2.45, 2.75) is 12.8 Å². The topological polar surface area (TPSA) is 0 Å². The van der Waals surface area contributed by atoms with Gasteiger partial charge in [-0.3, -0.25) is 0 Å². The molecule has 0 radical (unpaired) electrons. The summed E-state index contributed by atoms with van der Waals surface area (Å²) in [5.41, 5.74) is 18.5. The van der Waals surface area contributed by atoms with Crippen molar-refractivity contribution >= 4 is 23.3 Å². The van der Waals surface area contributed by atoms with Gasteiger partial charge >= 0.3 is 0 Å². The van der Waals surface area contributed by atoms with Crippen molar-refractivity contribution in [2.24, 2.45) is 0 Å². The fourth-order valence-electron chi connectivity index (χ4n) is 6.77. The molecule has 0 N–H and O–H groups in total. The summed E-state index contributed by atoms with van der Waals surface area (Å²) in [5, 5.41) is 0. The molecular formula is C42H30. The summed E-state index contributed by atoms with van der Waals surface area (Å²) in [4.78, 5) is 0. The third kappa shape index (κ3) is 4.33. The van der Waals surface area contributed by atoms with Crippen molar-refractivity contribution in [3.05, 3.63) is 179 Å². The first kappa shape index (κ1) is 24.6. The average molecular weight is 535 g/mol. The van der Waals surface area contributed by atoms with Gasteiger partial charge in [-0.05, 0) is 96.8 Å². The lowest BCUT2D eigenvalue weighted by Gasteiger charge is -2.25. The monoisotopic (exact) mass is 534 g/mol. The molecule has 2 aliphatic rings. The molecule has 0 unspecified atom stereocenters. The molecule has 0 saturated carbocycles. The molecule has 0 amide bonds. The quantitative estimate of drug-likeness (QED) is 0.212. The predicted molar refractivity (Wildman–Crippen MR) is 179 cm³/mol. The predicted octanol–water partition coefficient (Wildman–Crippen LogP) is 10.9. The number of hydrogen-bond acceptors (Lipinski definition) is 0. The zero-order valence-electron chi connectivity index (χ0n) is 23.4. The van der Waals surface area contributed by atoms with Gasteiger partial charge in [-0.2, -0.15) is 0 Å². The Morgan fingerprint density at radius 2 is 1.10 bits per heavy atom. The van der Waals surface area contributed by atoms with Crippen LogP contribution in [0.25, 0.3) is 56.7 Å². The molecule has 198 valence electrons. The molecule has 0 aromatic heterocycles. The first-order chi connectivity index (χ1) is 20.8. The van der Waals surface area contributed by atoms with Crippen LogP contribution < -0.4 is 0 Å². The maximum Gasteiger partial charge on any atom is -0.00130 e. The zero-order chi connectivity index (χ0) is 27.9. The van der Waals surface area contributed by atoms with E-state index in [2.05, 4.69) is 158 Å². The van der Waals surface area contributed by atoms with Gasteiger partial charge in [0.05, 0.1) is 0 Å². The van der Waals surface area contributed by atoms with Crippen molar-refractivity contribution < 1.29 is 0 Å². The van der Waals surface area contributed by atoms with E-state index in [1.54, 1.807) is 0 Å². The second kappa shape index (κ2) is 10.3. The molecule has 0 saturated heterocycles. The molecule has 0 nitrogen and oxygen atoms in total. The second-order valence-electron chi connectivity index (χ2n) is 11.3. The van der Waals surface area contributed by atoms with Crippen LogP contribution in [0.5, 0.6) is 0 Å². The van der Waals surface area contributed by atoms with Gasteiger partial charge in [0.1, 0.15) is 0 Å². The van der Waals surface area contributed by atoms with E-state index in [4.69, 9.17) is 0 Å². The van der Waals surface area contributed by atoms with Crippen molar-refractivity contribution in [1.29, 1.82) is 0 Å². The molecule has 8 rings (SSSR count). The Labute approximate surface area is 248 Å². The number of rotatable bonds is 3. The summed E-state index contributed by atoms with van der Waals surface area (Å²) in [5.74, 6) is 0. The lowest BCUT2D eigenvalue weighted by molar-refractivity contribution is 1.25. The Morgan fingerprint density at radius 3 is 1.93 bits per heavy atom. The first-order valence-electron chi connectivity index (χ1n) is 14.8. The summed E-state index contributed by atoms with van der Waals surface area (Å²) >= 11 is 0. The van der Waals surface area contributed by atoms with Crippen LogP contribution in [0.15, 0.2) is 146 Å². The average Bonchev–Trinajstić information content (AvgIpc) is 3.22. The smallest absolute Gasteiger partial charge is 0.00130 e. The van der Waals surface area contributed by atoms with E-state index in [9.17, 15) is 0 Å². The highest BCUT2D eigenvalue weighted by Crippen LogP contribution is 2.46. The fourth-order valence-corrected chi connectivity index (χ4v) is 6.77. The number of hydrogen-bond donors (Lipinski definition) is 0. The minimum Gasteiger partial charge on any atom is -0.0622 e. The Bertz CT molecular complexity index is 2010. The number of allylic oxidation sites excluding steroid dienone is 2. The molecule has 0 heterocycles.